The number of ether oxygens (including phenoxy) is 1. The number of anilines is 2. The topological polar surface area (TPSA) is 44.7 Å². The van der Waals surface area contributed by atoms with Crippen LogP contribution in [0.1, 0.15) is 21.8 Å². The van der Waals surface area contributed by atoms with E-state index in [1.807, 2.05) is 0 Å². The summed E-state index contributed by atoms with van der Waals surface area (Å²) in [5.74, 6) is 1.93. The van der Waals surface area contributed by atoms with E-state index in [2.05, 4.69) is 74.0 Å². The van der Waals surface area contributed by atoms with Crippen molar-refractivity contribution in [1.82, 2.24) is 14.9 Å². The van der Waals surface area contributed by atoms with E-state index in [9.17, 15) is 0 Å². The van der Waals surface area contributed by atoms with Crippen LogP contribution in [0.25, 0.3) is 10.2 Å². The molecule has 160 valence electrons. The molecule has 1 aliphatic rings. The minimum Gasteiger partial charge on any atom is -0.379 e. The SMILES string of the molecule is Cc1sc2nc(CN3CCOCC3)nc(N(C)Cc3cccc(N(C)C)c3)c2c1C. The summed E-state index contributed by atoms with van der Waals surface area (Å²) >= 11 is 1.77. The monoisotopic (exact) mass is 425 g/mol. The zero-order valence-electron chi connectivity index (χ0n) is 18.6. The third-order valence-corrected chi connectivity index (χ3v) is 6.83. The Labute approximate surface area is 183 Å². The van der Waals surface area contributed by atoms with E-state index in [1.54, 1.807) is 11.3 Å². The normalized spacial score (nSPS) is 15.0. The Balaban J connectivity index is 1.67. The number of nitrogens with zero attached hydrogens (tertiary/aromatic N) is 5. The molecular weight excluding hydrogens is 394 g/mol. The lowest BCUT2D eigenvalue weighted by Gasteiger charge is -2.26. The summed E-state index contributed by atoms with van der Waals surface area (Å²) < 4.78 is 5.49. The second kappa shape index (κ2) is 8.88. The number of hydrogen-bond acceptors (Lipinski definition) is 7. The van der Waals surface area contributed by atoms with E-state index >= 15 is 0 Å². The van der Waals surface area contributed by atoms with Crippen molar-refractivity contribution in [2.45, 2.75) is 26.9 Å². The molecule has 0 amide bonds. The molecule has 1 saturated heterocycles. The first-order chi connectivity index (χ1) is 14.4. The molecule has 0 aliphatic carbocycles. The Morgan fingerprint density at radius 3 is 2.60 bits per heavy atom. The van der Waals surface area contributed by atoms with E-state index in [4.69, 9.17) is 14.7 Å². The van der Waals surface area contributed by atoms with Gasteiger partial charge in [-0.2, -0.15) is 0 Å². The molecule has 1 fully saturated rings. The maximum atomic E-state index is 5.49. The number of aromatic nitrogens is 2. The van der Waals surface area contributed by atoms with Crippen LogP contribution in [0, 0.1) is 13.8 Å². The summed E-state index contributed by atoms with van der Waals surface area (Å²) in [4.78, 5) is 19.2. The minimum absolute atomic E-state index is 0.770. The molecule has 0 radical (unpaired) electrons. The van der Waals surface area contributed by atoms with Crippen LogP contribution < -0.4 is 9.80 Å². The lowest BCUT2D eigenvalue weighted by atomic mass is 10.1. The van der Waals surface area contributed by atoms with Gasteiger partial charge < -0.3 is 14.5 Å². The van der Waals surface area contributed by atoms with Gasteiger partial charge in [-0.3, -0.25) is 4.90 Å². The molecule has 6 nitrogen and oxygen atoms in total. The zero-order valence-corrected chi connectivity index (χ0v) is 19.4. The predicted octanol–water partition coefficient (Wildman–Crippen LogP) is 3.84. The van der Waals surface area contributed by atoms with E-state index in [0.717, 1.165) is 55.9 Å². The first-order valence-electron chi connectivity index (χ1n) is 10.5. The van der Waals surface area contributed by atoms with Gasteiger partial charge >= 0.3 is 0 Å². The van der Waals surface area contributed by atoms with Crippen molar-refractivity contribution >= 4 is 33.1 Å². The molecule has 30 heavy (non-hydrogen) atoms. The molecule has 1 aromatic carbocycles. The highest BCUT2D eigenvalue weighted by Gasteiger charge is 2.20. The van der Waals surface area contributed by atoms with Gasteiger partial charge in [-0.25, -0.2) is 9.97 Å². The van der Waals surface area contributed by atoms with Gasteiger partial charge in [0.1, 0.15) is 16.5 Å². The molecule has 0 atom stereocenters. The first kappa shape index (κ1) is 21.0. The van der Waals surface area contributed by atoms with Crippen LogP contribution in [0.2, 0.25) is 0 Å². The van der Waals surface area contributed by atoms with Gasteiger partial charge in [-0.1, -0.05) is 12.1 Å². The molecule has 4 rings (SSSR count). The highest BCUT2D eigenvalue weighted by atomic mass is 32.1. The lowest BCUT2D eigenvalue weighted by Crippen LogP contribution is -2.36. The summed E-state index contributed by atoms with van der Waals surface area (Å²) in [7, 11) is 6.29. The van der Waals surface area contributed by atoms with Gasteiger partial charge in [0.15, 0.2) is 0 Å². The van der Waals surface area contributed by atoms with Crippen molar-refractivity contribution in [2.24, 2.45) is 0 Å². The third kappa shape index (κ3) is 4.43. The number of benzene rings is 1. The molecule has 0 spiro atoms. The fourth-order valence-electron chi connectivity index (χ4n) is 3.86. The van der Waals surface area contributed by atoms with Gasteiger partial charge in [0.05, 0.1) is 25.1 Å². The van der Waals surface area contributed by atoms with Gasteiger partial charge in [0, 0.05) is 51.3 Å². The second-order valence-corrected chi connectivity index (χ2v) is 9.44. The van der Waals surface area contributed by atoms with Crippen LogP contribution in [-0.2, 0) is 17.8 Å². The van der Waals surface area contributed by atoms with Crippen molar-refractivity contribution in [2.75, 3.05) is 57.2 Å². The van der Waals surface area contributed by atoms with Crippen molar-refractivity contribution in [3.8, 4) is 0 Å². The Morgan fingerprint density at radius 2 is 1.87 bits per heavy atom. The Kier molecular flexibility index (Phi) is 6.22. The van der Waals surface area contributed by atoms with Crippen molar-refractivity contribution < 1.29 is 4.74 Å². The summed E-state index contributed by atoms with van der Waals surface area (Å²) in [6.07, 6.45) is 0. The van der Waals surface area contributed by atoms with Crippen LogP contribution >= 0.6 is 11.3 Å². The molecule has 0 bridgehead atoms. The van der Waals surface area contributed by atoms with Crippen molar-refractivity contribution in [1.29, 1.82) is 0 Å². The maximum Gasteiger partial charge on any atom is 0.146 e. The van der Waals surface area contributed by atoms with Crippen LogP contribution in [-0.4, -0.2) is 62.3 Å². The molecule has 0 N–H and O–H groups in total. The lowest BCUT2D eigenvalue weighted by molar-refractivity contribution is 0.0331. The number of rotatable bonds is 6. The number of aryl methyl sites for hydroxylation is 2. The first-order valence-corrected chi connectivity index (χ1v) is 11.3. The summed E-state index contributed by atoms with van der Waals surface area (Å²) in [6, 6.07) is 8.69. The quantitative estimate of drug-likeness (QED) is 0.598. The smallest absolute Gasteiger partial charge is 0.146 e. The predicted molar refractivity (Wildman–Crippen MR) is 126 cm³/mol. The minimum atomic E-state index is 0.770. The average molecular weight is 426 g/mol. The molecule has 3 heterocycles. The third-order valence-electron chi connectivity index (χ3n) is 5.73. The Hall–Kier alpha value is -2.22. The van der Waals surface area contributed by atoms with Gasteiger partial charge in [-0.15, -0.1) is 11.3 Å². The number of hydrogen-bond donors (Lipinski definition) is 0. The zero-order chi connectivity index (χ0) is 21.3. The average Bonchev–Trinajstić information content (AvgIpc) is 3.02. The van der Waals surface area contributed by atoms with Crippen LogP contribution in [0.3, 0.4) is 0 Å². The van der Waals surface area contributed by atoms with E-state index in [0.29, 0.717) is 0 Å². The largest absolute Gasteiger partial charge is 0.379 e. The van der Waals surface area contributed by atoms with E-state index in [1.165, 1.54) is 27.1 Å². The van der Waals surface area contributed by atoms with Crippen LogP contribution in [0.5, 0.6) is 0 Å². The fraction of sp³-hybridized carbons (Fsp3) is 0.478. The fourth-order valence-corrected chi connectivity index (χ4v) is 4.90. The maximum absolute atomic E-state index is 5.49. The second-order valence-electron chi connectivity index (χ2n) is 8.24. The number of morpholine rings is 1. The summed E-state index contributed by atoms with van der Waals surface area (Å²) in [6.45, 7) is 9.38. The molecule has 7 heteroatoms. The molecule has 1 aliphatic heterocycles. The van der Waals surface area contributed by atoms with E-state index in [-0.39, 0.29) is 0 Å². The standard InChI is InChI=1S/C23H31N5OS/c1-16-17(2)30-23-21(16)22(24-20(25-23)15-28-9-11-29-12-10-28)27(5)14-18-7-6-8-19(13-18)26(3)4/h6-8,13H,9-12,14-15H2,1-5H3. The highest BCUT2D eigenvalue weighted by molar-refractivity contribution is 7.18. The number of thiophene rings is 1. The Morgan fingerprint density at radius 1 is 1.10 bits per heavy atom. The highest BCUT2D eigenvalue weighted by Crippen LogP contribution is 2.35. The Bertz CT molecular complexity index is 1030. The van der Waals surface area contributed by atoms with Gasteiger partial charge in [0.25, 0.3) is 0 Å². The molecule has 3 aromatic rings. The van der Waals surface area contributed by atoms with Crippen LogP contribution in [0.15, 0.2) is 24.3 Å². The van der Waals surface area contributed by atoms with Gasteiger partial charge in [0.2, 0.25) is 0 Å². The number of fused-ring (bicyclic) bond motifs is 1. The van der Waals surface area contributed by atoms with Gasteiger partial charge in [-0.05, 0) is 37.1 Å². The van der Waals surface area contributed by atoms with Crippen LogP contribution in [0.4, 0.5) is 11.5 Å². The van der Waals surface area contributed by atoms with E-state index < -0.39 is 0 Å². The molecular formula is C23H31N5OS. The van der Waals surface area contributed by atoms with Crippen molar-refractivity contribution in [3.05, 3.63) is 46.1 Å². The van der Waals surface area contributed by atoms with Crippen molar-refractivity contribution in [3.63, 3.8) is 0 Å². The molecule has 0 unspecified atom stereocenters. The summed E-state index contributed by atoms with van der Waals surface area (Å²) in [5, 5.41) is 1.19. The summed E-state index contributed by atoms with van der Waals surface area (Å²) in [5.41, 5.74) is 3.77. The molecule has 0 saturated carbocycles. The molecule has 2 aromatic heterocycles.